The van der Waals surface area contributed by atoms with E-state index in [1.165, 1.54) is 12.4 Å². The number of nitrogens with zero attached hydrogens (tertiary/aromatic N) is 1. The van der Waals surface area contributed by atoms with Crippen LogP contribution in [0.2, 0.25) is 0 Å². The van der Waals surface area contributed by atoms with Crippen LogP contribution in [0, 0.1) is 0 Å². The van der Waals surface area contributed by atoms with Gasteiger partial charge in [0.1, 0.15) is 0 Å². The first-order chi connectivity index (χ1) is 6.09. The van der Waals surface area contributed by atoms with E-state index in [2.05, 4.69) is 4.98 Å². The Labute approximate surface area is 73.6 Å². The number of hydrogen-bond donors (Lipinski definition) is 0. The third-order valence-corrected chi connectivity index (χ3v) is 2.17. The molecule has 1 fully saturated rings. The Morgan fingerprint density at radius 3 is 2.54 bits per heavy atom. The van der Waals surface area contributed by atoms with Gasteiger partial charge in [-0.15, -0.1) is 0 Å². The molecular weight excluding hydrogens is 179 g/mol. The molecule has 0 amide bonds. The zero-order valence-electron chi connectivity index (χ0n) is 6.80. The lowest BCUT2D eigenvalue weighted by Crippen LogP contribution is -2.08. The number of rotatable bonds is 1. The minimum atomic E-state index is -4.24. The zero-order valence-corrected chi connectivity index (χ0v) is 6.80. The molecule has 2 rings (SSSR count). The summed E-state index contributed by atoms with van der Waals surface area (Å²) in [6.45, 7) is 0. The molecule has 0 aliphatic heterocycles. The van der Waals surface area contributed by atoms with Crippen molar-refractivity contribution < 1.29 is 13.2 Å². The summed E-state index contributed by atoms with van der Waals surface area (Å²) in [5, 5.41) is 0. The number of aromatic nitrogens is 1. The quantitative estimate of drug-likeness (QED) is 0.658. The molecule has 1 nitrogen and oxygen atoms in total. The van der Waals surface area contributed by atoms with Gasteiger partial charge in [-0.2, -0.15) is 13.2 Å². The van der Waals surface area contributed by atoms with Crippen LogP contribution in [0.15, 0.2) is 18.5 Å². The molecular formula is C9H8F3N. The van der Waals surface area contributed by atoms with E-state index in [0.29, 0.717) is 5.56 Å². The van der Waals surface area contributed by atoms with Crippen molar-refractivity contribution in [3.63, 3.8) is 0 Å². The lowest BCUT2D eigenvalue weighted by molar-refractivity contribution is -0.138. The van der Waals surface area contributed by atoms with E-state index in [-0.39, 0.29) is 5.92 Å². The summed E-state index contributed by atoms with van der Waals surface area (Å²) in [6, 6.07) is 1.05. The Morgan fingerprint density at radius 2 is 2.00 bits per heavy atom. The van der Waals surface area contributed by atoms with Gasteiger partial charge in [-0.05, 0) is 30.4 Å². The van der Waals surface area contributed by atoms with Crippen molar-refractivity contribution in [1.82, 2.24) is 4.98 Å². The number of pyridine rings is 1. The number of hydrogen-bond acceptors (Lipinski definition) is 1. The SMILES string of the molecule is FC(F)(F)c1ccncc1C1CC1. The van der Waals surface area contributed by atoms with E-state index in [0.717, 1.165) is 18.9 Å². The third kappa shape index (κ3) is 1.66. The van der Waals surface area contributed by atoms with Gasteiger partial charge in [-0.3, -0.25) is 4.98 Å². The van der Waals surface area contributed by atoms with Crippen LogP contribution in [0.3, 0.4) is 0 Å². The second-order valence-electron chi connectivity index (χ2n) is 3.23. The van der Waals surface area contributed by atoms with Crippen LogP contribution in [0.4, 0.5) is 13.2 Å². The molecule has 0 atom stereocenters. The fourth-order valence-corrected chi connectivity index (χ4v) is 1.38. The minimum absolute atomic E-state index is 0.0883. The molecule has 1 aliphatic rings. The first-order valence-corrected chi connectivity index (χ1v) is 4.10. The van der Waals surface area contributed by atoms with Crippen molar-refractivity contribution in [3.05, 3.63) is 29.6 Å². The molecule has 1 aromatic rings. The van der Waals surface area contributed by atoms with Gasteiger partial charge in [-0.25, -0.2) is 0 Å². The summed E-state index contributed by atoms with van der Waals surface area (Å²) >= 11 is 0. The van der Waals surface area contributed by atoms with Crippen molar-refractivity contribution >= 4 is 0 Å². The highest BCUT2D eigenvalue weighted by Gasteiger charge is 2.37. The first kappa shape index (κ1) is 8.53. The van der Waals surface area contributed by atoms with E-state index in [4.69, 9.17) is 0 Å². The van der Waals surface area contributed by atoms with Gasteiger partial charge in [0.25, 0.3) is 0 Å². The summed E-state index contributed by atoms with van der Waals surface area (Å²) in [7, 11) is 0. The topological polar surface area (TPSA) is 12.9 Å². The Kier molecular flexibility index (Phi) is 1.78. The predicted octanol–water partition coefficient (Wildman–Crippen LogP) is 2.98. The second kappa shape index (κ2) is 2.72. The van der Waals surface area contributed by atoms with Gasteiger partial charge >= 0.3 is 6.18 Å². The van der Waals surface area contributed by atoms with Crippen LogP contribution in [0.1, 0.15) is 29.9 Å². The summed E-state index contributed by atoms with van der Waals surface area (Å²) in [5.74, 6) is 0.0883. The van der Waals surface area contributed by atoms with Gasteiger partial charge in [0, 0.05) is 12.4 Å². The molecule has 0 aromatic carbocycles. The monoisotopic (exact) mass is 187 g/mol. The van der Waals surface area contributed by atoms with Gasteiger partial charge in [0.2, 0.25) is 0 Å². The lowest BCUT2D eigenvalue weighted by Gasteiger charge is -2.10. The molecule has 0 bridgehead atoms. The Hall–Kier alpha value is -1.06. The number of halogens is 3. The van der Waals surface area contributed by atoms with E-state index >= 15 is 0 Å². The average Bonchev–Trinajstić information content (AvgIpc) is 2.85. The van der Waals surface area contributed by atoms with Crippen LogP contribution in [-0.4, -0.2) is 4.98 Å². The Morgan fingerprint density at radius 1 is 1.31 bits per heavy atom. The van der Waals surface area contributed by atoms with Crippen LogP contribution < -0.4 is 0 Å². The van der Waals surface area contributed by atoms with Gasteiger partial charge in [0.15, 0.2) is 0 Å². The van der Waals surface area contributed by atoms with E-state index in [1.54, 1.807) is 0 Å². The van der Waals surface area contributed by atoms with E-state index in [1.807, 2.05) is 0 Å². The normalized spacial score (nSPS) is 17.5. The van der Waals surface area contributed by atoms with Gasteiger partial charge in [0.05, 0.1) is 5.56 Å². The molecule has 0 saturated heterocycles. The highest BCUT2D eigenvalue weighted by Crippen LogP contribution is 2.45. The number of alkyl halides is 3. The molecule has 13 heavy (non-hydrogen) atoms. The summed E-state index contributed by atoms with van der Waals surface area (Å²) < 4.78 is 37.2. The fraction of sp³-hybridized carbons (Fsp3) is 0.444. The maximum atomic E-state index is 12.4. The average molecular weight is 187 g/mol. The van der Waals surface area contributed by atoms with Crippen LogP contribution in [-0.2, 0) is 6.18 Å². The molecule has 0 N–H and O–H groups in total. The molecule has 4 heteroatoms. The molecule has 0 radical (unpaired) electrons. The van der Waals surface area contributed by atoms with E-state index < -0.39 is 11.7 Å². The molecule has 70 valence electrons. The standard InChI is InChI=1S/C9H8F3N/c10-9(11,12)8-3-4-13-5-7(8)6-1-2-6/h3-6H,1-2H2. The lowest BCUT2D eigenvalue weighted by atomic mass is 10.1. The molecule has 1 saturated carbocycles. The second-order valence-corrected chi connectivity index (χ2v) is 3.23. The molecule has 1 heterocycles. The molecule has 1 aliphatic carbocycles. The highest BCUT2D eigenvalue weighted by molar-refractivity contribution is 5.32. The largest absolute Gasteiger partial charge is 0.416 e. The molecule has 0 spiro atoms. The van der Waals surface area contributed by atoms with Crippen molar-refractivity contribution in [1.29, 1.82) is 0 Å². The van der Waals surface area contributed by atoms with Gasteiger partial charge < -0.3 is 0 Å². The molecule has 1 aromatic heterocycles. The predicted molar refractivity (Wildman–Crippen MR) is 41.2 cm³/mol. The van der Waals surface area contributed by atoms with Crippen molar-refractivity contribution in [2.75, 3.05) is 0 Å². The zero-order chi connectivity index (χ0) is 9.47. The summed E-state index contributed by atoms with van der Waals surface area (Å²) in [5.41, 5.74) is -0.167. The summed E-state index contributed by atoms with van der Waals surface area (Å²) in [6.07, 6.45) is -0.000394. The third-order valence-electron chi connectivity index (χ3n) is 2.17. The Bertz CT molecular complexity index is 315. The first-order valence-electron chi connectivity index (χ1n) is 4.10. The van der Waals surface area contributed by atoms with Gasteiger partial charge in [-0.1, -0.05) is 0 Å². The van der Waals surface area contributed by atoms with Crippen molar-refractivity contribution in [3.8, 4) is 0 Å². The smallest absolute Gasteiger partial charge is 0.264 e. The summed E-state index contributed by atoms with van der Waals surface area (Å²) in [4.78, 5) is 3.72. The maximum absolute atomic E-state index is 12.4. The van der Waals surface area contributed by atoms with Crippen LogP contribution in [0.5, 0.6) is 0 Å². The minimum Gasteiger partial charge on any atom is -0.264 e. The highest BCUT2D eigenvalue weighted by atomic mass is 19.4. The Balaban J connectivity index is 2.43. The van der Waals surface area contributed by atoms with E-state index in [9.17, 15) is 13.2 Å². The van der Waals surface area contributed by atoms with Crippen LogP contribution >= 0.6 is 0 Å². The van der Waals surface area contributed by atoms with Crippen LogP contribution in [0.25, 0.3) is 0 Å². The molecule has 0 unspecified atom stereocenters. The van der Waals surface area contributed by atoms with Crippen molar-refractivity contribution in [2.45, 2.75) is 24.9 Å². The van der Waals surface area contributed by atoms with Crippen molar-refractivity contribution in [2.24, 2.45) is 0 Å². The fourth-order valence-electron chi connectivity index (χ4n) is 1.38. The maximum Gasteiger partial charge on any atom is 0.416 e.